The minimum absolute atomic E-state index is 0.110. The zero-order valence-electron chi connectivity index (χ0n) is 10.1. The summed E-state index contributed by atoms with van der Waals surface area (Å²) in [4.78, 5) is 26.9. The topological polar surface area (TPSA) is 73.9 Å². The molecule has 1 N–H and O–H groups in total. The Morgan fingerprint density at radius 2 is 2.00 bits per heavy atom. The van der Waals surface area contributed by atoms with E-state index in [1.807, 2.05) is 35.8 Å². The Morgan fingerprint density at radius 1 is 1.26 bits per heavy atom. The minimum Gasteiger partial charge on any atom is -0.443 e. The molecule has 0 aromatic heterocycles. The highest BCUT2D eigenvalue weighted by molar-refractivity contribution is 5.84. The molecule has 0 atom stereocenters. The van der Waals surface area contributed by atoms with Crippen molar-refractivity contribution >= 4 is 12.1 Å². The van der Waals surface area contributed by atoms with Gasteiger partial charge in [0.1, 0.15) is 6.61 Å². The average molecular weight is 263 g/mol. The van der Waals surface area contributed by atoms with Crippen LogP contribution in [0.3, 0.4) is 0 Å². The van der Waals surface area contributed by atoms with E-state index in [9.17, 15) is 9.59 Å². The highest BCUT2D eigenvalue weighted by atomic mass is 16.7. The van der Waals surface area contributed by atoms with Crippen LogP contribution in [0, 0.1) is 0 Å². The van der Waals surface area contributed by atoms with Gasteiger partial charge in [-0.05, 0) is 11.1 Å². The second-order valence-corrected chi connectivity index (χ2v) is 3.88. The molecule has 19 heavy (non-hydrogen) atoms. The number of benzene rings is 1. The Kier molecular flexibility index (Phi) is 4.52. The van der Waals surface area contributed by atoms with E-state index in [1.54, 1.807) is 0 Å². The highest BCUT2D eigenvalue weighted by Gasteiger charge is 2.12. The van der Waals surface area contributed by atoms with E-state index in [1.165, 1.54) is 6.08 Å². The molecular weight excluding hydrogens is 250 g/mol. The van der Waals surface area contributed by atoms with Gasteiger partial charge in [0, 0.05) is 6.08 Å². The molecule has 6 nitrogen and oxygen atoms in total. The lowest BCUT2D eigenvalue weighted by Gasteiger charge is -2.16. The fourth-order valence-corrected chi connectivity index (χ4v) is 1.34. The monoisotopic (exact) mass is 263 g/mol. The van der Waals surface area contributed by atoms with Crippen molar-refractivity contribution in [2.75, 3.05) is 13.2 Å². The zero-order valence-corrected chi connectivity index (χ0v) is 10.1. The predicted molar refractivity (Wildman–Crippen MR) is 64.8 cm³/mol. The molecule has 0 unspecified atom stereocenters. The molecule has 0 bridgehead atoms. The molecule has 1 heterocycles. The summed E-state index contributed by atoms with van der Waals surface area (Å²) in [7, 11) is 0. The van der Waals surface area contributed by atoms with Gasteiger partial charge in [-0.1, -0.05) is 30.3 Å². The van der Waals surface area contributed by atoms with Crippen LogP contribution in [-0.4, -0.2) is 25.3 Å². The number of hydrogen-bond donors (Lipinski definition) is 1. The first-order chi connectivity index (χ1) is 9.24. The van der Waals surface area contributed by atoms with E-state index in [4.69, 9.17) is 9.47 Å². The Bertz CT molecular complexity index is 477. The van der Waals surface area contributed by atoms with Crippen molar-refractivity contribution in [1.82, 2.24) is 5.48 Å². The van der Waals surface area contributed by atoms with Crippen LogP contribution < -0.4 is 5.48 Å². The predicted octanol–water partition coefficient (Wildman–Crippen LogP) is 1.33. The third kappa shape index (κ3) is 4.44. The van der Waals surface area contributed by atoms with Crippen LogP contribution in [0.2, 0.25) is 0 Å². The Morgan fingerprint density at radius 3 is 2.63 bits per heavy atom. The number of amides is 1. The van der Waals surface area contributed by atoms with Crippen LogP contribution in [0.5, 0.6) is 0 Å². The quantitative estimate of drug-likeness (QED) is 0.657. The molecule has 0 aliphatic carbocycles. The SMILES string of the molecule is O=C(C=C1COC1)ONC(=O)OCc1ccccc1. The number of hydrogen-bond acceptors (Lipinski definition) is 5. The first-order valence-corrected chi connectivity index (χ1v) is 5.69. The molecular formula is C13H13NO5. The maximum Gasteiger partial charge on any atom is 0.441 e. The summed E-state index contributed by atoms with van der Waals surface area (Å²) in [6.07, 6.45) is 0.460. The molecule has 2 rings (SSSR count). The third-order valence-electron chi connectivity index (χ3n) is 2.34. The summed E-state index contributed by atoms with van der Waals surface area (Å²) < 4.78 is 9.71. The van der Waals surface area contributed by atoms with Crippen LogP contribution >= 0.6 is 0 Å². The zero-order chi connectivity index (χ0) is 13.5. The second kappa shape index (κ2) is 6.55. The molecule has 6 heteroatoms. The standard InChI is InChI=1S/C13H13NO5/c15-12(6-11-7-17-8-11)19-14-13(16)18-9-10-4-2-1-3-5-10/h1-6H,7-9H2,(H,14,16). The van der Waals surface area contributed by atoms with E-state index < -0.39 is 12.1 Å². The van der Waals surface area contributed by atoms with Gasteiger partial charge in [-0.2, -0.15) is 0 Å². The second-order valence-electron chi connectivity index (χ2n) is 3.88. The lowest BCUT2D eigenvalue weighted by Crippen LogP contribution is -2.28. The van der Waals surface area contributed by atoms with Crippen LogP contribution in [0.4, 0.5) is 4.79 Å². The molecule has 1 aliphatic heterocycles. The van der Waals surface area contributed by atoms with Crippen LogP contribution in [-0.2, 0) is 25.7 Å². The smallest absolute Gasteiger partial charge is 0.441 e. The fraction of sp³-hybridized carbons (Fsp3) is 0.231. The highest BCUT2D eigenvalue weighted by Crippen LogP contribution is 2.07. The van der Waals surface area contributed by atoms with Gasteiger partial charge in [-0.15, -0.1) is 5.48 Å². The third-order valence-corrected chi connectivity index (χ3v) is 2.34. The molecule has 1 fully saturated rings. The van der Waals surface area contributed by atoms with Gasteiger partial charge >= 0.3 is 12.1 Å². The Hall–Kier alpha value is -2.34. The van der Waals surface area contributed by atoms with Crippen molar-refractivity contribution in [2.24, 2.45) is 0 Å². The summed E-state index contributed by atoms with van der Waals surface area (Å²) >= 11 is 0. The van der Waals surface area contributed by atoms with E-state index in [0.29, 0.717) is 13.2 Å². The number of carbonyl (C=O) groups is 2. The van der Waals surface area contributed by atoms with Crippen molar-refractivity contribution in [1.29, 1.82) is 0 Å². The largest absolute Gasteiger partial charge is 0.443 e. The molecule has 0 spiro atoms. The normalized spacial score (nSPS) is 13.2. The van der Waals surface area contributed by atoms with E-state index in [0.717, 1.165) is 11.1 Å². The Labute approximate surface area is 109 Å². The lowest BCUT2D eigenvalue weighted by atomic mass is 10.2. The number of rotatable bonds is 3. The van der Waals surface area contributed by atoms with Crippen molar-refractivity contribution in [3.8, 4) is 0 Å². The minimum atomic E-state index is -0.819. The first-order valence-electron chi connectivity index (χ1n) is 5.69. The van der Waals surface area contributed by atoms with Crippen molar-refractivity contribution in [3.05, 3.63) is 47.5 Å². The van der Waals surface area contributed by atoms with E-state index >= 15 is 0 Å². The summed E-state index contributed by atoms with van der Waals surface area (Å²) in [6, 6.07) is 9.18. The van der Waals surface area contributed by atoms with Crippen molar-refractivity contribution in [2.45, 2.75) is 6.61 Å². The maximum absolute atomic E-state index is 11.2. The van der Waals surface area contributed by atoms with E-state index in [2.05, 4.69) is 4.84 Å². The fourth-order valence-electron chi connectivity index (χ4n) is 1.34. The molecule has 1 aromatic carbocycles. The molecule has 1 aliphatic rings. The lowest BCUT2D eigenvalue weighted by molar-refractivity contribution is -0.144. The molecule has 0 radical (unpaired) electrons. The van der Waals surface area contributed by atoms with Gasteiger partial charge < -0.3 is 14.3 Å². The Balaban J connectivity index is 1.65. The molecule has 1 amide bonds. The summed E-state index contributed by atoms with van der Waals surface area (Å²) in [6.45, 7) is 0.959. The summed E-state index contributed by atoms with van der Waals surface area (Å²) in [5, 5.41) is 0. The number of carbonyl (C=O) groups excluding carboxylic acids is 2. The summed E-state index contributed by atoms with van der Waals surface area (Å²) in [5.41, 5.74) is 3.58. The number of hydroxylamine groups is 1. The van der Waals surface area contributed by atoms with Crippen molar-refractivity contribution in [3.63, 3.8) is 0 Å². The number of ether oxygens (including phenoxy) is 2. The molecule has 1 aromatic rings. The first kappa shape index (κ1) is 13.1. The van der Waals surface area contributed by atoms with Crippen LogP contribution in [0.25, 0.3) is 0 Å². The van der Waals surface area contributed by atoms with Crippen LogP contribution in [0.15, 0.2) is 42.0 Å². The van der Waals surface area contributed by atoms with Gasteiger partial charge in [0.25, 0.3) is 0 Å². The average Bonchev–Trinajstić information content (AvgIpc) is 2.39. The number of nitrogens with one attached hydrogen (secondary N) is 1. The van der Waals surface area contributed by atoms with Crippen LogP contribution in [0.1, 0.15) is 5.56 Å². The van der Waals surface area contributed by atoms with Gasteiger partial charge in [-0.3, -0.25) is 0 Å². The van der Waals surface area contributed by atoms with Crippen molar-refractivity contribution < 1.29 is 23.9 Å². The molecule has 100 valence electrons. The molecule has 1 saturated heterocycles. The summed E-state index contributed by atoms with van der Waals surface area (Å²) in [5.74, 6) is -0.657. The van der Waals surface area contributed by atoms with Gasteiger partial charge in [0.2, 0.25) is 0 Å². The van der Waals surface area contributed by atoms with Gasteiger partial charge in [0.05, 0.1) is 13.2 Å². The van der Waals surface area contributed by atoms with E-state index in [-0.39, 0.29) is 6.61 Å². The van der Waals surface area contributed by atoms with Gasteiger partial charge in [-0.25, -0.2) is 9.59 Å². The molecule has 0 saturated carbocycles. The van der Waals surface area contributed by atoms with Gasteiger partial charge in [0.15, 0.2) is 0 Å². The maximum atomic E-state index is 11.2.